The summed E-state index contributed by atoms with van der Waals surface area (Å²) in [5.41, 5.74) is 0. The zero-order chi connectivity index (χ0) is 16.1. The lowest BCUT2D eigenvalue weighted by molar-refractivity contribution is -0.152. The summed E-state index contributed by atoms with van der Waals surface area (Å²) in [6, 6.07) is 9.09. The zero-order valence-electron chi connectivity index (χ0n) is 13.7. The molecule has 1 saturated carbocycles. The fraction of sp³-hybridized carbons (Fsp3) is 0.611. The maximum absolute atomic E-state index is 12.2. The van der Waals surface area contributed by atoms with Crippen LogP contribution in [0.1, 0.15) is 40.0 Å². The lowest BCUT2D eigenvalue weighted by Gasteiger charge is -2.36. The van der Waals surface area contributed by atoms with Gasteiger partial charge in [0.05, 0.1) is 10.8 Å². The fourth-order valence-corrected chi connectivity index (χ4v) is 4.13. The van der Waals surface area contributed by atoms with Crippen molar-refractivity contribution in [3.63, 3.8) is 0 Å². The summed E-state index contributed by atoms with van der Waals surface area (Å²) >= 11 is 0. The van der Waals surface area contributed by atoms with Crippen molar-refractivity contribution in [2.45, 2.75) is 51.0 Å². The number of carbonyl (C=O) groups excluding carboxylic acids is 1. The molecule has 0 aliphatic heterocycles. The summed E-state index contributed by atoms with van der Waals surface area (Å²) in [6.07, 6.45) is 3.21. The van der Waals surface area contributed by atoms with Crippen molar-refractivity contribution in [2.24, 2.45) is 17.8 Å². The van der Waals surface area contributed by atoms with Crippen LogP contribution in [0.25, 0.3) is 0 Å². The Labute approximate surface area is 135 Å². The molecule has 1 aromatic rings. The Balaban J connectivity index is 1.93. The third-order valence-corrected chi connectivity index (χ3v) is 5.80. The van der Waals surface area contributed by atoms with Crippen molar-refractivity contribution in [2.75, 3.05) is 5.75 Å². The van der Waals surface area contributed by atoms with Crippen molar-refractivity contribution in [1.82, 2.24) is 0 Å². The SMILES string of the molecule is CC(C)[C@@H]1CC[C@@H](C)C[C@H]1OC(=O)CS(=O)c1ccccc1. The Kier molecular flexibility index (Phi) is 6.18. The van der Waals surface area contributed by atoms with E-state index in [4.69, 9.17) is 4.74 Å². The van der Waals surface area contributed by atoms with E-state index in [2.05, 4.69) is 20.8 Å². The molecule has 0 aromatic heterocycles. The van der Waals surface area contributed by atoms with E-state index < -0.39 is 10.8 Å². The second-order valence-corrected chi connectivity index (χ2v) is 8.11. The number of carbonyl (C=O) groups is 1. The van der Waals surface area contributed by atoms with Crippen molar-refractivity contribution >= 4 is 16.8 Å². The van der Waals surface area contributed by atoms with Gasteiger partial charge in [-0.25, -0.2) is 0 Å². The van der Waals surface area contributed by atoms with Gasteiger partial charge in [-0.15, -0.1) is 0 Å². The fourth-order valence-electron chi connectivity index (χ4n) is 3.22. The standard InChI is InChI=1S/C18H26O3S/c1-13(2)16-10-9-14(3)11-17(16)21-18(19)12-22(20)15-7-5-4-6-8-15/h4-8,13-14,16-17H,9-12H2,1-3H3/t14-,16+,17-,22?/m1/s1. The van der Waals surface area contributed by atoms with Gasteiger partial charge in [-0.2, -0.15) is 0 Å². The van der Waals surface area contributed by atoms with Crippen molar-refractivity contribution < 1.29 is 13.7 Å². The number of esters is 1. The van der Waals surface area contributed by atoms with Crippen LogP contribution in [0, 0.1) is 17.8 Å². The molecule has 0 saturated heterocycles. The first-order valence-corrected chi connectivity index (χ1v) is 9.42. The molecule has 4 heteroatoms. The minimum absolute atomic E-state index is 0.0241. The molecular weight excluding hydrogens is 296 g/mol. The van der Waals surface area contributed by atoms with Gasteiger partial charge in [0, 0.05) is 4.90 Å². The number of benzene rings is 1. The van der Waals surface area contributed by atoms with E-state index in [9.17, 15) is 9.00 Å². The van der Waals surface area contributed by atoms with E-state index in [-0.39, 0.29) is 17.8 Å². The van der Waals surface area contributed by atoms with Crippen LogP contribution in [-0.2, 0) is 20.3 Å². The van der Waals surface area contributed by atoms with Gasteiger partial charge in [0.1, 0.15) is 11.9 Å². The van der Waals surface area contributed by atoms with Crippen molar-refractivity contribution in [1.29, 1.82) is 0 Å². The molecule has 0 N–H and O–H groups in total. The second-order valence-electron chi connectivity index (χ2n) is 6.66. The molecule has 0 heterocycles. The Morgan fingerprint density at radius 3 is 2.59 bits per heavy atom. The highest BCUT2D eigenvalue weighted by Crippen LogP contribution is 2.35. The van der Waals surface area contributed by atoms with Gasteiger partial charge in [-0.3, -0.25) is 9.00 Å². The molecule has 2 rings (SSSR count). The Morgan fingerprint density at radius 2 is 1.95 bits per heavy atom. The van der Waals surface area contributed by atoms with E-state index in [0.29, 0.717) is 22.6 Å². The normalized spacial score (nSPS) is 26.6. The van der Waals surface area contributed by atoms with Crippen LogP contribution < -0.4 is 0 Å². The van der Waals surface area contributed by atoms with Crippen LogP contribution in [-0.4, -0.2) is 22.0 Å². The van der Waals surface area contributed by atoms with Crippen molar-refractivity contribution in [3.05, 3.63) is 30.3 Å². The molecule has 1 aliphatic rings. The summed E-state index contributed by atoms with van der Waals surface area (Å²) in [5, 5.41) is 0. The number of hydrogen-bond donors (Lipinski definition) is 0. The average molecular weight is 322 g/mol. The molecule has 1 unspecified atom stereocenters. The maximum atomic E-state index is 12.2. The van der Waals surface area contributed by atoms with Crippen molar-refractivity contribution in [3.8, 4) is 0 Å². The number of hydrogen-bond acceptors (Lipinski definition) is 3. The summed E-state index contributed by atoms with van der Waals surface area (Å²) in [7, 11) is -1.32. The Morgan fingerprint density at radius 1 is 1.27 bits per heavy atom. The molecule has 0 bridgehead atoms. The molecule has 1 aromatic carbocycles. The van der Waals surface area contributed by atoms with Gasteiger partial charge in [0.2, 0.25) is 0 Å². The average Bonchev–Trinajstić information content (AvgIpc) is 2.47. The summed E-state index contributed by atoms with van der Waals surface area (Å²) in [6.45, 7) is 6.58. The first-order chi connectivity index (χ1) is 10.5. The highest BCUT2D eigenvalue weighted by Gasteiger charge is 2.33. The van der Waals surface area contributed by atoms with E-state index in [1.807, 2.05) is 18.2 Å². The monoisotopic (exact) mass is 322 g/mol. The highest BCUT2D eigenvalue weighted by molar-refractivity contribution is 7.85. The third kappa shape index (κ3) is 4.67. The Bertz CT molecular complexity index is 512. The molecule has 1 fully saturated rings. The maximum Gasteiger partial charge on any atom is 0.319 e. The molecule has 0 spiro atoms. The van der Waals surface area contributed by atoms with Crippen LogP contribution >= 0.6 is 0 Å². The van der Waals surface area contributed by atoms with Gasteiger partial charge in [0.25, 0.3) is 0 Å². The minimum Gasteiger partial charge on any atom is -0.461 e. The zero-order valence-corrected chi connectivity index (χ0v) is 14.5. The van der Waals surface area contributed by atoms with E-state index in [0.717, 1.165) is 12.8 Å². The first kappa shape index (κ1) is 17.2. The molecular formula is C18H26O3S. The van der Waals surface area contributed by atoms with Gasteiger partial charge in [0.15, 0.2) is 0 Å². The molecule has 1 aliphatic carbocycles. The first-order valence-electron chi connectivity index (χ1n) is 8.10. The van der Waals surface area contributed by atoms with E-state index in [1.165, 1.54) is 6.42 Å². The largest absolute Gasteiger partial charge is 0.461 e. The number of rotatable bonds is 5. The quantitative estimate of drug-likeness (QED) is 0.775. The highest BCUT2D eigenvalue weighted by atomic mass is 32.2. The molecule has 0 radical (unpaired) electrons. The Hall–Kier alpha value is -1.16. The summed E-state index contributed by atoms with van der Waals surface area (Å²) in [4.78, 5) is 12.8. The summed E-state index contributed by atoms with van der Waals surface area (Å²) < 4.78 is 17.9. The minimum atomic E-state index is -1.32. The molecule has 122 valence electrons. The van der Waals surface area contributed by atoms with Gasteiger partial charge < -0.3 is 4.74 Å². The van der Waals surface area contributed by atoms with Crippen LogP contribution in [0.2, 0.25) is 0 Å². The molecule has 3 nitrogen and oxygen atoms in total. The van der Waals surface area contributed by atoms with Gasteiger partial charge >= 0.3 is 5.97 Å². The van der Waals surface area contributed by atoms with Crippen LogP contribution in [0.15, 0.2) is 35.2 Å². The van der Waals surface area contributed by atoms with Crippen LogP contribution in [0.5, 0.6) is 0 Å². The van der Waals surface area contributed by atoms with Crippen LogP contribution in [0.3, 0.4) is 0 Å². The van der Waals surface area contributed by atoms with Gasteiger partial charge in [-0.1, -0.05) is 45.4 Å². The number of ether oxygens (including phenoxy) is 1. The molecule has 0 amide bonds. The second kappa shape index (κ2) is 7.91. The predicted octanol–water partition coefficient (Wildman–Crippen LogP) is 3.80. The smallest absolute Gasteiger partial charge is 0.319 e. The summed E-state index contributed by atoms with van der Waals surface area (Å²) in [5.74, 6) is 1.12. The van der Waals surface area contributed by atoms with Crippen LogP contribution in [0.4, 0.5) is 0 Å². The topological polar surface area (TPSA) is 43.4 Å². The predicted molar refractivity (Wildman–Crippen MR) is 88.9 cm³/mol. The van der Waals surface area contributed by atoms with E-state index >= 15 is 0 Å². The third-order valence-electron chi connectivity index (χ3n) is 4.50. The molecule has 22 heavy (non-hydrogen) atoms. The molecule has 4 atom stereocenters. The van der Waals surface area contributed by atoms with Gasteiger partial charge in [-0.05, 0) is 42.7 Å². The van der Waals surface area contributed by atoms with E-state index in [1.54, 1.807) is 12.1 Å². The lowest BCUT2D eigenvalue weighted by atomic mass is 9.75. The lowest BCUT2D eigenvalue weighted by Crippen LogP contribution is -2.36.